The molecule has 4 aromatic rings. The van der Waals surface area contributed by atoms with Gasteiger partial charge in [-0.15, -0.1) is 0 Å². The molecule has 4 rings (SSSR count). The number of rotatable bonds is 8. The average molecular weight is 492 g/mol. The van der Waals surface area contributed by atoms with E-state index in [1.54, 1.807) is 43.5 Å². The number of nitrogens with zero attached hydrogens (tertiary/aromatic N) is 1. The summed E-state index contributed by atoms with van der Waals surface area (Å²) in [6.45, 7) is 0. The molecule has 9 heteroatoms. The third kappa shape index (κ3) is 5.44. The molecule has 178 valence electrons. The van der Waals surface area contributed by atoms with E-state index < -0.39 is 23.5 Å². The number of carbonyl (C=O) groups excluding carboxylic acids is 1. The van der Waals surface area contributed by atoms with Crippen molar-refractivity contribution in [3.63, 3.8) is 0 Å². The van der Waals surface area contributed by atoms with Crippen molar-refractivity contribution in [1.29, 1.82) is 0 Å². The van der Waals surface area contributed by atoms with E-state index >= 15 is 0 Å². The van der Waals surface area contributed by atoms with Gasteiger partial charge in [0.1, 0.15) is 11.4 Å². The molecule has 0 bridgehead atoms. The summed E-state index contributed by atoms with van der Waals surface area (Å²) in [7, 11) is 1.59. The van der Waals surface area contributed by atoms with Crippen LogP contribution in [-0.2, 0) is 4.79 Å². The molecule has 8 nitrogen and oxygen atoms in total. The second-order valence-corrected chi connectivity index (χ2v) is 8.18. The maximum Gasteiger partial charge on any atom is 0.305 e. The lowest BCUT2D eigenvalue weighted by Crippen LogP contribution is -2.30. The lowest BCUT2D eigenvalue weighted by Gasteiger charge is -2.17. The van der Waals surface area contributed by atoms with Gasteiger partial charge >= 0.3 is 5.97 Å². The maximum atomic E-state index is 12.9. The monoisotopic (exact) mass is 491 g/mol. The van der Waals surface area contributed by atoms with E-state index in [0.717, 1.165) is 27.6 Å². The fourth-order valence-electron chi connectivity index (χ4n) is 3.70. The summed E-state index contributed by atoms with van der Waals surface area (Å²) >= 11 is 6.16. The molecule has 3 aromatic carbocycles. The number of nitrogens with one attached hydrogen (secondary N) is 2. The normalized spacial score (nSPS) is 11.6. The van der Waals surface area contributed by atoms with Crippen molar-refractivity contribution in [3.8, 4) is 22.6 Å². The van der Waals surface area contributed by atoms with Crippen molar-refractivity contribution >= 4 is 23.5 Å². The highest BCUT2D eigenvalue weighted by Gasteiger charge is 2.21. The Hall–Kier alpha value is -4.30. The molecule has 0 aliphatic carbocycles. The van der Waals surface area contributed by atoms with Crippen molar-refractivity contribution in [2.45, 2.75) is 12.5 Å². The number of amides is 1. The van der Waals surface area contributed by atoms with Crippen LogP contribution >= 0.6 is 11.6 Å². The lowest BCUT2D eigenvalue weighted by atomic mass is 9.99. The van der Waals surface area contributed by atoms with E-state index in [0.29, 0.717) is 16.3 Å². The minimum atomic E-state index is -1.07. The Kier molecular flexibility index (Phi) is 7.03. The standard InChI is InChI=1S/C26H22ClN3O5/c1-35-19-6-4-5-18(13-19)16-9-11-17(12-10-16)21(15-25(32)33)28-26(34)22-14-24(31)30(29-22)23-8-3-2-7-20(23)27/h2-14,21,29H,15H2,1H3,(H,28,34)(H,32,33). The molecule has 0 radical (unpaired) electrons. The molecule has 0 saturated carbocycles. The van der Waals surface area contributed by atoms with Crippen LogP contribution in [0.3, 0.4) is 0 Å². The van der Waals surface area contributed by atoms with E-state index in [1.165, 1.54) is 0 Å². The van der Waals surface area contributed by atoms with Gasteiger partial charge in [-0.1, -0.05) is 60.1 Å². The molecule has 1 aromatic heterocycles. The number of methoxy groups -OCH3 is 1. The van der Waals surface area contributed by atoms with Gasteiger partial charge < -0.3 is 15.2 Å². The fourth-order valence-corrected chi connectivity index (χ4v) is 3.92. The first-order chi connectivity index (χ1) is 16.9. The van der Waals surface area contributed by atoms with Gasteiger partial charge in [-0.2, -0.15) is 0 Å². The molecule has 35 heavy (non-hydrogen) atoms. The van der Waals surface area contributed by atoms with Crippen LogP contribution in [0.2, 0.25) is 5.02 Å². The van der Waals surface area contributed by atoms with Crippen molar-refractivity contribution in [2.75, 3.05) is 7.11 Å². The third-order valence-electron chi connectivity index (χ3n) is 5.46. The Morgan fingerprint density at radius 2 is 1.77 bits per heavy atom. The Labute approximate surface area is 205 Å². The van der Waals surface area contributed by atoms with Crippen LogP contribution in [0.1, 0.15) is 28.5 Å². The van der Waals surface area contributed by atoms with Gasteiger partial charge in [0.05, 0.1) is 30.3 Å². The Bertz CT molecular complexity index is 1430. The number of carboxylic acid groups (broad SMARTS) is 1. The molecule has 0 aliphatic rings. The van der Waals surface area contributed by atoms with E-state index in [-0.39, 0.29) is 12.1 Å². The van der Waals surface area contributed by atoms with E-state index in [4.69, 9.17) is 16.3 Å². The predicted octanol–water partition coefficient (Wildman–Crippen LogP) is 4.44. The first-order valence-corrected chi connectivity index (χ1v) is 11.1. The van der Waals surface area contributed by atoms with Crippen LogP contribution in [0, 0.1) is 0 Å². The molecule has 0 fully saturated rings. The van der Waals surface area contributed by atoms with E-state index in [1.807, 2.05) is 36.4 Å². The zero-order valence-electron chi connectivity index (χ0n) is 18.7. The number of aromatic amines is 1. The number of H-pyrrole nitrogens is 1. The molecule has 1 unspecified atom stereocenters. The number of ether oxygens (including phenoxy) is 1. The summed E-state index contributed by atoms with van der Waals surface area (Å²) in [6, 6.07) is 21.8. The molecule has 0 aliphatic heterocycles. The van der Waals surface area contributed by atoms with Crippen molar-refractivity contribution in [2.24, 2.45) is 0 Å². The van der Waals surface area contributed by atoms with Crippen molar-refractivity contribution in [1.82, 2.24) is 15.1 Å². The quantitative estimate of drug-likeness (QED) is 0.337. The minimum Gasteiger partial charge on any atom is -0.497 e. The molecule has 1 amide bonds. The number of aromatic nitrogens is 2. The van der Waals surface area contributed by atoms with Crippen LogP contribution in [-0.4, -0.2) is 33.9 Å². The molecule has 1 atom stereocenters. The molecular formula is C26H22ClN3O5. The maximum absolute atomic E-state index is 12.9. The van der Waals surface area contributed by atoms with Gasteiger partial charge in [-0.3, -0.25) is 19.5 Å². The Morgan fingerprint density at radius 3 is 2.46 bits per heavy atom. The van der Waals surface area contributed by atoms with Gasteiger partial charge in [0.2, 0.25) is 0 Å². The zero-order valence-corrected chi connectivity index (χ0v) is 19.5. The number of aliphatic carboxylic acids is 1. The van der Waals surface area contributed by atoms with Crippen LogP contribution < -0.4 is 15.6 Å². The Balaban J connectivity index is 1.57. The summed E-state index contributed by atoms with van der Waals surface area (Å²) in [5.41, 5.74) is 2.37. The van der Waals surface area contributed by atoms with Gasteiger partial charge in [-0.25, -0.2) is 4.68 Å². The molecular weight excluding hydrogens is 470 g/mol. The topological polar surface area (TPSA) is 113 Å². The lowest BCUT2D eigenvalue weighted by molar-refractivity contribution is -0.137. The number of benzene rings is 3. The van der Waals surface area contributed by atoms with Crippen LogP contribution in [0.4, 0.5) is 0 Å². The van der Waals surface area contributed by atoms with Crippen LogP contribution in [0.25, 0.3) is 16.8 Å². The fraction of sp³-hybridized carbons (Fsp3) is 0.115. The zero-order chi connectivity index (χ0) is 24.9. The highest BCUT2D eigenvalue weighted by Crippen LogP contribution is 2.26. The summed E-state index contributed by atoms with van der Waals surface area (Å²) in [6.07, 6.45) is -0.334. The summed E-state index contributed by atoms with van der Waals surface area (Å²) in [4.78, 5) is 36.9. The number of hydrogen-bond acceptors (Lipinski definition) is 4. The SMILES string of the molecule is COc1cccc(-c2ccc(C(CC(=O)O)NC(=O)c3cc(=O)n(-c4ccccc4Cl)[nH]3)cc2)c1. The van der Waals surface area contributed by atoms with Gasteiger partial charge in [0.15, 0.2) is 0 Å². The number of carbonyl (C=O) groups is 2. The van der Waals surface area contributed by atoms with Crippen LogP contribution in [0.5, 0.6) is 5.75 Å². The number of hydrogen-bond donors (Lipinski definition) is 3. The summed E-state index contributed by atoms with van der Waals surface area (Å²) in [5.74, 6) is -0.967. The number of halogens is 1. The minimum absolute atomic E-state index is 0.0155. The second kappa shape index (κ2) is 10.3. The van der Waals surface area contributed by atoms with E-state index in [9.17, 15) is 19.5 Å². The van der Waals surface area contributed by atoms with E-state index in [2.05, 4.69) is 10.4 Å². The average Bonchev–Trinajstić information content (AvgIpc) is 3.25. The third-order valence-corrected chi connectivity index (χ3v) is 5.78. The van der Waals surface area contributed by atoms with Crippen LogP contribution in [0.15, 0.2) is 83.7 Å². The highest BCUT2D eigenvalue weighted by molar-refractivity contribution is 6.32. The molecule has 3 N–H and O–H groups in total. The molecule has 1 heterocycles. The summed E-state index contributed by atoms with van der Waals surface area (Å²) in [5, 5.41) is 15.2. The van der Waals surface area contributed by atoms with Gasteiger partial charge in [0, 0.05) is 6.07 Å². The predicted molar refractivity (Wildman–Crippen MR) is 132 cm³/mol. The number of carboxylic acids is 1. The first-order valence-electron chi connectivity index (χ1n) is 10.7. The van der Waals surface area contributed by atoms with Gasteiger partial charge in [-0.05, 0) is 41.0 Å². The smallest absolute Gasteiger partial charge is 0.305 e. The Morgan fingerprint density at radius 1 is 1.03 bits per heavy atom. The van der Waals surface area contributed by atoms with Crippen molar-refractivity contribution < 1.29 is 19.4 Å². The number of para-hydroxylation sites is 1. The largest absolute Gasteiger partial charge is 0.497 e. The highest BCUT2D eigenvalue weighted by atomic mass is 35.5. The molecule has 0 saturated heterocycles. The summed E-state index contributed by atoms with van der Waals surface area (Å²) < 4.78 is 6.42. The van der Waals surface area contributed by atoms with Crippen molar-refractivity contribution in [3.05, 3.63) is 105 Å². The first kappa shape index (κ1) is 23.8. The van der Waals surface area contributed by atoms with Gasteiger partial charge in [0.25, 0.3) is 11.5 Å². The molecule has 0 spiro atoms. The second-order valence-electron chi connectivity index (χ2n) is 7.77.